The predicted octanol–water partition coefficient (Wildman–Crippen LogP) is 3.14. The SMILES string of the molecule is O=[N+]([O-])c1c(F)cc(Br)cc1OC(F)CF. The Morgan fingerprint density at radius 2 is 2.19 bits per heavy atom. The first-order valence-corrected chi connectivity index (χ1v) is 4.75. The fourth-order valence-electron chi connectivity index (χ4n) is 0.979. The van der Waals surface area contributed by atoms with Gasteiger partial charge in [0.1, 0.15) is 0 Å². The van der Waals surface area contributed by atoms with Crippen LogP contribution in [0.25, 0.3) is 0 Å². The van der Waals surface area contributed by atoms with Gasteiger partial charge in [0.2, 0.25) is 11.6 Å². The monoisotopic (exact) mass is 299 g/mol. The Kier molecular flexibility index (Phi) is 4.11. The van der Waals surface area contributed by atoms with Gasteiger partial charge in [-0.05, 0) is 6.07 Å². The summed E-state index contributed by atoms with van der Waals surface area (Å²) in [5, 5.41) is 10.5. The van der Waals surface area contributed by atoms with Gasteiger partial charge < -0.3 is 4.74 Å². The van der Waals surface area contributed by atoms with Crippen LogP contribution in [-0.4, -0.2) is 18.0 Å². The highest BCUT2D eigenvalue weighted by Crippen LogP contribution is 2.34. The minimum absolute atomic E-state index is 0.122. The molecule has 1 rings (SSSR count). The molecular formula is C8H5BrF3NO3. The second kappa shape index (κ2) is 5.15. The van der Waals surface area contributed by atoms with E-state index in [1.165, 1.54) is 0 Å². The van der Waals surface area contributed by atoms with Crippen LogP contribution in [0.5, 0.6) is 5.75 Å². The Morgan fingerprint density at radius 3 is 2.69 bits per heavy atom. The first-order chi connectivity index (χ1) is 7.45. The molecule has 1 aromatic carbocycles. The van der Waals surface area contributed by atoms with E-state index in [-0.39, 0.29) is 4.47 Å². The van der Waals surface area contributed by atoms with Crippen LogP contribution < -0.4 is 4.74 Å². The van der Waals surface area contributed by atoms with E-state index in [9.17, 15) is 23.3 Å². The quantitative estimate of drug-likeness (QED) is 0.634. The molecule has 0 saturated heterocycles. The van der Waals surface area contributed by atoms with Crippen LogP contribution in [0, 0.1) is 15.9 Å². The molecule has 0 aromatic heterocycles. The normalized spacial score (nSPS) is 12.2. The Hall–Kier alpha value is -1.31. The molecule has 1 atom stereocenters. The maximum absolute atomic E-state index is 13.1. The van der Waals surface area contributed by atoms with Crippen LogP contribution in [0.3, 0.4) is 0 Å². The highest BCUT2D eigenvalue weighted by molar-refractivity contribution is 9.10. The van der Waals surface area contributed by atoms with Crippen molar-refractivity contribution in [1.29, 1.82) is 0 Å². The molecule has 4 nitrogen and oxygen atoms in total. The highest BCUT2D eigenvalue weighted by atomic mass is 79.9. The van der Waals surface area contributed by atoms with Crippen molar-refractivity contribution in [1.82, 2.24) is 0 Å². The van der Waals surface area contributed by atoms with Gasteiger partial charge in [-0.2, -0.15) is 8.78 Å². The van der Waals surface area contributed by atoms with E-state index in [1.807, 2.05) is 0 Å². The molecule has 0 bridgehead atoms. The zero-order valence-corrected chi connectivity index (χ0v) is 9.21. The van der Waals surface area contributed by atoms with Crippen molar-refractivity contribution in [3.63, 3.8) is 0 Å². The van der Waals surface area contributed by atoms with E-state index in [1.54, 1.807) is 0 Å². The molecule has 16 heavy (non-hydrogen) atoms. The van der Waals surface area contributed by atoms with Crippen molar-refractivity contribution < 1.29 is 22.8 Å². The van der Waals surface area contributed by atoms with Gasteiger partial charge in [0.05, 0.1) is 4.92 Å². The molecule has 0 fully saturated rings. The van der Waals surface area contributed by atoms with Gasteiger partial charge in [-0.1, -0.05) is 15.9 Å². The van der Waals surface area contributed by atoms with Crippen LogP contribution in [0.4, 0.5) is 18.9 Å². The lowest BCUT2D eigenvalue weighted by Gasteiger charge is -2.09. The third-order valence-corrected chi connectivity index (χ3v) is 2.01. The molecule has 1 aromatic rings. The lowest BCUT2D eigenvalue weighted by molar-refractivity contribution is -0.388. The molecule has 0 radical (unpaired) electrons. The average Bonchev–Trinajstić information content (AvgIpc) is 2.15. The number of rotatable bonds is 4. The molecule has 0 aliphatic heterocycles. The van der Waals surface area contributed by atoms with Crippen molar-refractivity contribution in [3.05, 3.63) is 32.5 Å². The lowest BCUT2D eigenvalue weighted by Crippen LogP contribution is -2.13. The summed E-state index contributed by atoms with van der Waals surface area (Å²) in [4.78, 5) is 9.41. The molecule has 8 heteroatoms. The van der Waals surface area contributed by atoms with Gasteiger partial charge in [0.15, 0.2) is 6.67 Å². The molecule has 0 N–H and O–H groups in total. The minimum Gasteiger partial charge on any atom is -0.450 e. The Labute approximate surface area is 96.3 Å². The largest absolute Gasteiger partial charge is 0.450 e. The summed E-state index contributed by atoms with van der Waals surface area (Å²) in [7, 11) is 0. The van der Waals surface area contributed by atoms with Crippen molar-refractivity contribution in [2.24, 2.45) is 0 Å². The molecule has 0 aliphatic carbocycles. The first kappa shape index (κ1) is 12.8. The molecule has 0 aliphatic rings. The standard InChI is InChI=1S/C8H5BrF3NO3/c9-4-1-5(11)8(13(14)15)6(2-4)16-7(12)3-10/h1-2,7H,3H2. The third kappa shape index (κ3) is 2.84. The van der Waals surface area contributed by atoms with E-state index >= 15 is 0 Å². The molecule has 0 amide bonds. The number of hydrogen-bond acceptors (Lipinski definition) is 3. The number of nitro groups is 1. The minimum atomic E-state index is -2.37. The number of benzene rings is 1. The molecule has 0 saturated carbocycles. The van der Waals surface area contributed by atoms with Gasteiger partial charge in [-0.3, -0.25) is 10.1 Å². The van der Waals surface area contributed by atoms with Crippen LogP contribution in [0.1, 0.15) is 0 Å². The van der Waals surface area contributed by atoms with Crippen molar-refractivity contribution in [3.8, 4) is 5.75 Å². The van der Waals surface area contributed by atoms with E-state index in [0.717, 1.165) is 12.1 Å². The molecule has 1 unspecified atom stereocenters. The predicted molar refractivity (Wildman–Crippen MR) is 52.3 cm³/mol. The van der Waals surface area contributed by atoms with E-state index < -0.39 is 35.2 Å². The highest BCUT2D eigenvalue weighted by Gasteiger charge is 2.24. The number of halogens is 4. The van der Waals surface area contributed by atoms with Gasteiger partial charge in [-0.25, -0.2) is 4.39 Å². The van der Waals surface area contributed by atoms with Crippen LogP contribution >= 0.6 is 15.9 Å². The smallest absolute Gasteiger partial charge is 0.346 e. The van der Waals surface area contributed by atoms with E-state index in [0.29, 0.717) is 0 Å². The summed E-state index contributed by atoms with van der Waals surface area (Å²) < 4.78 is 41.9. The average molecular weight is 300 g/mol. The summed E-state index contributed by atoms with van der Waals surface area (Å²) in [6.45, 7) is -1.48. The molecule has 0 heterocycles. The van der Waals surface area contributed by atoms with Crippen LogP contribution in [0.2, 0.25) is 0 Å². The first-order valence-electron chi connectivity index (χ1n) is 3.95. The van der Waals surface area contributed by atoms with Gasteiger partial charge >= 0.3 is 5.69 Å². The summed E-state index contributed by atoms with van der Waals surface area (Å²) in [6.07, 6.45) is -2.37. The summed E-state index contributed by atoms with van der Waals surface area (Å²) in [5.41, 5.74) is -1.03. The van der Waals surface area contributed by atoms with E-state index in [4.69, 9.17) is 0 Å². The van der Waals surface area contributed by atoms with Gasteiger partial charge in [0.25, 0.3) is 6.36 Å². The molecule has 88 valence electrons. The van der Waals surface area contributed by atoms with Gasteiger partial charge in [-0.15, -0.1) is 0 Å². The fraction of sp³-hybridized carbons (Fsp3) is 0.250. The van der Waals surface area contributed by atoms with E-state index in [2.05, 4.69) is 20.7 Å². The Bertz CT molecular complexity index is 416. The zero-order chi connectivity index (χ0) is 12.3. The van der Waals surface area contributed by atoms with Crippen molar-refractivity contribution >= 4 is 21.6 Å². The number of alkyl halides is 2. The topological polar surface area (TPSA) is 52.4 Å². The summed E-state index contributed by atoms with van der Waals surface area (Å²) in [5.74, 6) is -1.86. The molecule has 0 spiro atoms. The second-order valence-electron chi connectivity index (χ2n) is 2.67. The fourth-order valence-corrected chi connectivity index (χ4v) is 1.39. The lowest BCUT2D eigenvalue weighted by atomic mass is 10.3. The van der Waals surface area contributed by atoms with Gasteiger partial charge in [0, 0.05) is 10.5 Å². The second-order valence-corrected chi connectivity index (χ2v) is 3.59. The summed E-state index contributed by atoms with van der Waals surface area (Å²) >= 11 is 2.85. The zero-order valence-electron chi connectivity index (χ0n) is 7.62. The molecular weight excluding hydrogens is 295 g/mol. The van der Waals surface area contributed by atoms with Crippen LogP contribution in [0.15, 0.2) is 16.6 Å². The number of nitrogens with zero attached hydrogens (tertiary/aromatic N) is 1. The maximum Gasteiger partial charge on any atom is 0.346 e. The Morgan fingerprint density at radius 1 is 1.56 bits per heavy atom. The summed E-state index contributed by atoms with van der Waals surface area (Å²) in [6, 6.07) is 1.82. The van der Waals surface area contributed by atoms with Crippen molar-refractivity contribution in [2.45, 2.75) is 6.36 Å². The number of ether oxygens (including phenoxy) is 1. The number of hydrogen-bond donors (Lipinski definition) is 0. The maximum atomic E-state index is 13.1. The Balaban J connectivity index is 3.19. The van der Waals surface area contributed by atoms with Crippen LogP contribution in [-0.2, 0) is 0 Å². The van der Waals surface area contributed by atoms with Crippen molar-refractivity contribution in [2.75, 3.05) is 6.67 Å². The number of nitro benzene ring substituents is 1. The third-order valence-electron chi connectivity index (χ3n) is 1.55.